The van der Waals surface area contributed by atoms with Crippen molar-refractivity contribution in [2.24, 2.45) is 0 Å². The number of ether oxygens (including phenoxy) is 1. The first kappa shape index (κ1) is 21.5. The number of carbonyl (C=O) groups is 1. The van der Waals surface area contributed by atoms with Crippen LogP contribution in [0.4, 0.5) is 16.3 Å². The molecular weight excluding hydrogens is 418 g/mol. The second kappa shape index (κ2) is 8.43. The zero-order valence-corrected chi connectivity index (χ0v) is 18.5. The number of carbonyl (C=O) groups excluding carboxylic acids is 1. The van der Waals surface area contributed by atoms with Crippen molar-refractivity contribution in [2.75, 3.05) is 49.3 Å². The zero-order valence-electron chi connectivity index (χ0n) is 17.7. The maximum Gasteiger partial charge on any atom is 0.319 e. The molecule has 9 nitrogen and oxygen atoms in total. The molecule has 0 unspecified atom stereocenters. The fourth-order valence-corrected chi connectivity index (χ4v) is 5.05. The minimum absolute atomic E-state index is 0.271. The van der Waals surface area contributed by atoms with Gasteiger partial charge < -0.3 is 20.3 Å². The summed E-state index contributed by atoms with van der Waals surface area (Å²) in [5, 5.41) is 5.44. The third-order valence-electron chi connectivity index (χ3n) is 5.67. The molecule has 166 valence electrons. The lowest BCUT2D eigenvalue weighted by Gasteiger charge is -2.29. The van der Waals surface area contributed by atoms with Crippen molar-refractivity contribution < 1.29 is 17.9 Å². The molecule has 2 amide bonds. The summed E-state index contributed by atoms with van der Waals surface area (Å²) in [5.74, 6) is 1.18. The molecule has 1 aromatic heterocycles. The van der Waals surface area contributed by atoms with Crippen molar-refractivity contribution in [2.45, 2.75) is 24.5 Å². The molecule has 1 saturated carbocycles. The van der Waals surface area contributed by atoms with Gasteiger partial charge in [0, 0.05) is 43.2 Å². The summed E-state index contributed by atoms with van der Waals surface area (Å²) in [6.45, 7) is 4.98. The molecule has 0 atom stereocenters. The molecule has 2 heterocycles. The number of nitrogens with zero attached hydrogens (tertiary/aromatic N) is 3. The van der Waals surface area contributed by atoms with Gasteiger partial charge in [-0.05, 0) is 44.0 Å². The normalized spacial score (nSPS) is 17.8. The number of anilines is 2. The number of benzene rings is 1. The van der Waals surface area contributed by atoms with Gasteiger partial charge in [0.1, 0.15) is 10.6 Å². The van der Waals surface area contributed by atoms with E-state index in [1.54, 1.807) is 12.1 Å². The number of nitrogens with one attached hydrogen (secondary N) is 2. The lowest BCUT2D eigenvalue weighted by Crippen LogP contribution is -2.37. The maximum absolute atomic E-state index is 12.5. The predicted molar refractivity (Wildman–Crippen MR) is 119 cm³/mol. The van der Waals surface area contributed by atoms with Gasteiger partial charge in [0.15, 0.2) is 15.7 Å². The summed E-state index contributed by atoms with van der Waals surface area (Å²) in [6.07, 6.45) is 2.42. The Morgan fingerprint density at radius 2 is 1.84 bits per heavy atom. The Morgan fingerprint density at radius 3 is 2.42 bits per heavy atom. The number of sulfone groups is 1. The largest absolute Gasteiger partial charge is 0.378 e. The summed E-state index contributed by atoms with van der Waals surface area (Å²) >= 11 is 0. The SMILES string of the molecule is CCNC(=O)Nc1ccc(-c2nc(N3CCOCC3)cc(C3(S(C)(=O)=O)CC3)n2)cc1. The molecule has 1 aliphatic carbocycles. The van der Waals surface area contributed by atoms with Crippen LogP contribution in [-0.2, 0) is 19.3 Å². The van der Waals surface area contributed by atoms with E-state index in [0.29, 0.717) is 68.7 Å². The van der Waals surface area contributed by atoms with Crippen LogP contribution in [0.2, 0.25) is 0 Å². The van der Waals surface area contributed by atoms with E-state index in [9.17, 15) is 13.2 Å². The average molecular weight is 446 g/mol. The highest BCUT2D eigenvalue weighted by molar-refractivity contribution is 7.91. The number of aromatic nitrogens is 2. The van der Waals surface area contributed by atoms with E-state index in [4.69, 9.17) is 9.72 Å². The molecule has 10 heteroatoms. The Hall–Kier alpha value is -2.72. The highest BCUT2D eigenvalue weighted by Crippen LogP contribution is 2.52. The summed E-state index contributed by atoms with van der Waals surface area (Å²) < 4.78 is 29.5. The Bertz CT molecular complexity index is 1060. The molecule has 4 rings (SSSR count). The van der Waals surface area contributed by atoms with Crippen LogP contribution in [0.5, 0.6) is 0 Å². The Morgan fingerprint density at radius 1 is 1.16 bits per heavy atom. The summed E-state index contributed by atoms with van der Waals surface area (Å²) in [4.78, 5) is 23.2. The minimum Gasteiger partial charge on any atom is -0.378 e. The smallest absolute Gasteiger partial charge is 0.319 e. The van der Waals surface area contributed by atoms with Gasteiger partial charge in [-0.15, -0.1) is 0 Å². The molecule has 0 spiro atoms. The molecule has 2 N–H and O–H groups in total. The monoisotopic (exact) mass is 445 g/mol. The van der Waals surface area contributed by atoms with Gasteiger partial charge in [-0.3, -0.25) is 0 Å². The average Bonchev–Trinajstić information content (AvgIpc) is 3.57. The van der Waals surface area contributed by atoms with Gasteiger partial charge in [-0.1, -0.05) is 0 Å². The number of hydrogen-bond donors (Lipinski definition) is 2. The second-order valence-corrected chi connectivity index (χ2v) is 10.2. The van der Waals surface area contributed by atoms with E-state index in [-0.39, 0.29) is 6.03 Å². The lowest BCUT2D eigenvalue weighted by atomic mass is 10.1. The van der Waals surface area contributed by atoms with Gasteiger partial charge in [0.25, 0.3) is 0 Å². The van der Waals surface area contributed by atoms with Gasteiger partial charge in [-0.2, -0.15) is 0 Å². The van der Waals surface area contributed by atoms with E-state index in [1.165, 1.54) is 6.26 Å². The maximum atomic E-state index is 12.5. The van der Waals surface area contributed by atoms with Crippen molar-refractivity contribution in [1.29, 1.82) is 0 Å². The summed E-state index contributed by atoms with van der Waals surface area (Å²) in [5.41, 5.74) is 1.95. The Labute approximate surface area is 182 Å². The molecule has 31 heavy (non-hydrogen) atoms. The Kier molecular flexibility index (Phi) is 5.85. The third kappa shape index (κ3) is 4.49. The van der Waals surface area contributed by atoms with Crippen molar-refractivity contribution in [1.82, 2.24) is 15.3 Å². The van der Waals surface area contributed by atoms with Crippen molar-refractivity contribution in [3.8, 4) is 11.4 Å². The quantitative estimate of drug-likeness (QED) is 0.700. The van der Waals surface area contributed by atoms with E-state index in [1.807, 2.05) is 25.1 Å². The van der Waals surface area contributed by atoms with E-state index >= 15 is 0 Å². The number of urea groups is 1. The van der Waals surface area contributed by atoms with Crippen LogP contribution in [0.25, 0.3) is 11.4 Å². The van der Waals surface area contributed by atoms with Gasteiger partial charge in [0.2, 0.25) is 0 Å². The predicted octanol–water partition coefficient (Wildman–Crippen LogP) is 2.16. The molecule has 1 saturated heterocycles. The summed E-state index contributed by atoms with van der Waals surface area (Å²) in [6, 6.07) is 8.74. The molecule has 2 fully saturated rings. The van der Waals surface area contributed by atoms with Crippen LogP contribution in [0.15, 0.2) is 30.3 Å². The van der Waals surface area contributed by atoms with Gasteiger partial charge >= 0.3 is 6.03 Å². The molecule has 2 aromatic rings. The van der Waals surface area contributed by atoms with Crippen molar-refractivity contribution in [3.63, 3.8) is 0 Å². The molecule has 2 aliphatic rings. The van der Waals surface area contributed by atoms with Crippen LogP contribution < -0.4 is 15.5 Å². The lowest BCUT2D eigenvalue weighted by molar-refractivity contribution is 0.122. The third-order valence-corrected chi connectivity index (χ3v) is 7.70. The number of rotatable bonds is 6. The zero-order chi connectivity index (χ0) is 22.1. The number of amides is 2. The molecule has 1 aliphatic heterocycles. The highest BCUT2D eigenvalue weighted by atomic mass is 32.2. The number of hydrogen-bond acceptors (Lipinski definition) is 7. The van der Waals surface area contributed by atoms with Crippen molar-refractivity contribution >= 4 is 27.4 Å². The van der Waals surface area contributed by atoms with Crippen molar-refractivity contribution in [3.05, 3.63) is 36.0 Å². The second-order valence-electron chi connectivity index (χ2n) is 7.86. The van der Waals surface area contributed by atoms with Crippen LogP contribution in [-0.4, -0.2) is 63.5 Å². The molecule has 1 aromatic carbocycles. The van der Waals surface area contributed by atoms with Gasteiger partial charge in [0.05, 0.1) is 18.9 Å². The first-order valence-corrected chi connectivity index (χ1v) is 12.3. The first-order valence-electron chi connectivity index (χ1n) is 10.4. The fraction of sp³-hybridized carbons (Fsp3) is 0.476. The van der Waals surface area contributed by atoms with E-state index in [2.05, 4.69) is 20.5 Å². The standard InChI is InChI=1S/C21H27N5O4S/c1-3-22-20(27)23-16-6-4-15(5-7-16)19-24-17(21(8-9-21)31(2,28)29)14-18(25-19)26-10-12-30-13-11-26/h4-7,14H,3,8-13H2,1-2H3,(H2,22,23,27). The first-order chi connectivity index (χ1) is 14.8. The van der Waals surface area contributed by atoms with E-state index < -0.39 is 14.6 Å². The van der Waals surface area contributed by atoms with Gasteiger partial charge in [-0.25, -0.2) is 23.2 Å². The molecular formula is C21H27N5O4S. The van der Waals surface area contributed by atoms with Crippen LogP contribution in [0.3, 0.4) is 0 Å². The van der Waals surface area contributed by atoms with Crippen LogP contribution in [0, 0.1) is 0 Å². The number of morpholine rings is 1. The topological polar surface area (TPSA) is 114 Å². The Balaban J connectivity index is 1.70. The van der Waals surface area contributed by atoms with Crippen LogP contribution >= 0.6 is 0 Å². The molecule has 0 radical (unpaired) electrons. The highest BCUT2D eigenvalue weighted by Gasteiger charge is 2.55. The van der Waals surface area contributed by atoms with E-state index in [0.717, 1.165) is 5.56 Å². The molecule has 0 bridgehead atoms. The fourth-order valence-electron chi connectivity index (χ4n) is 3.72. The minimum atomic E-state index is -3.30. The summed E-state index contributed by atoms with van der Waals surface area (Å²) in [7, 11) is -3.30. The van der Waals surface area contributed by atoms with Crippen LogP contribution in [0.1, 0.15) is 25.5 Å².